The summed E-state index contributed by atoms with van der Waals surface area (Å²) in [6.45, 7) is 3.06. The third kappa shape index (κ3) is 4.91. The maximum atomic E-state index is 11.9. The SMILES string of the molecule is CCNC(=O)N1CCC(NC(=O)CNS(=O)(=O)c2cccs2)C1. The van der Waals surface area contributed by atoms with Gasteiger partial charge in [-0.3, -0.25) is 4.79 Å². The van der Waals surface area contributed by atoms with E-state index in [0.717, 1.165) is 11.3 Å². The van der Waals surface area contributed by atoms with Gasteiger partial charge in [-0.25, -0.2) is 17.9 Å². The summed E-state index contributed by atoms with van der Waals surface area (Å²) in [4.78, 5) is 25.2. The van der Waals surface area contributed by atoms with E-state index in [0.29, 0.717) is 26.1 Å². The van der Waals surface area contributed by atoms with Gasteiger partial charge in [0.1, 0.15) is 4.21 Å². The minimum atomic E-state index is -3.64. The Bertz CT molecular complexity index is 645. The zero-order valence-corrected chi connectivity index (χ0v) is 14.4. The summed E-state index contributed by atoms with van der Waals surface area (Å²) in [5.74, 6) is -0.409. The van der Waals surface area contributed by atoms with Gasteiger partial charge >= 0.3 is 6.03 Å². The smallest absolute Gasteiger partial charge is 0.317 e. The highest BCUT2D eigenvalue weighted by Gasteiger charge is 2.27. The average molecular weight is 360 g/mol. The van der Waals surface area contributed by atoms with E-state index < -0.39 is 15.9 Å². The predicted octanol–water partition coefficient (Wildman–Crippen LogP) is -0.0536. The van der Waals surface area contributed by atoms with Crippen molar-refractivity contribution in [1.29, 1.82) is 0 Å². The number of hydrogen-bond acceptors (Lipinski definition) is 5. The van der Waals surface area contributed by atoms with Gasteiger partial charge in [0.15, 0.2) is 0 Å². The lowest BCUT2D eigenvalue weighted by molar-refractivity contribution is -0.120. The van der Waals surface area contributed by atoms with E-state index in [4.69, 9.17) is 0 Å². The number of rotatable bonds is 6. The molecule has 2 heterocycles. The molecule has 1 unspecified atom stereocenters. The molecule has 3 amide bonds. The summed E-state index contributed by atoms with van der Waals surface area (Å²) in [5.41, 5.74) is 0. The van der Waals surface area contributed by atoms with Crippen LogP contribution in [0.1, 0.15) is 13.3 Å². The molecule has 1 aromatic heterocycles. The lowest BCUT2D eigenvalue weighted by atomic mass is 10.2. The van der Waals surface area contributed by atoms with Gasteiger partial charge in [0.05, 0.1) is 6.54 Å². The van der Waals surface area contributed by atoms with Crippen LogP contribution in [0.3, 0.4) is 0 Å². The van der Waals surface area contributed by atoms with Gasteiger partial charge in [-0.05, 0) is 24.8 Å². The van der Waals surface area contributed by atoms with Crippen molar-refractivity contribution in [2.24, 2.45) is 0 Å². The van der Waals surface area contributed by atoms with Crippen LogP contribution in [0.15, 0.2) is 21.7 Å². The molecular formula is C13H20N4O4S2. The maximum absolute atomic E-state index is 11.9. The first kappa shape index (κ1) is 17.7. The number of nitrogens with zero attached hydrogens (tertiary/aromatic N) is 1. The largest absolute Gasteiger partial charge is 0.350 e. The van der Waals surface area contributed by atoms with Crippen molar-refractivity contribution in [2.75, 3.05) is 26.2 Å². The summed E-state index contributed by atoms with van der Waals surface area (Å²) in [6.07, 6.45) is 0.653. The molecule has 0 spiro atoms. The molecule has 1 aliphatic rings. The molecule has 3 N–H and O–H groups in total. The predicted molar refractivity (Wildman–Crippen MR) is 86.7 cm³/mol. The van der Waals surface area contributed by atoms with E-state index in [2.05, 4.69) is 15.4 Å². The highest BCUT2D eigenvalue weighted by atomic mass is 32.2. The van der Waals surface area contributed by atoms with Crippen molar-refractivity contribution >= 4 is 33.3 Å². The van der Waals surface area contributed by atoms with E-state index in [1.54, 1.807) is 16.3 Å². The van der Waals surface area contributed by atoms with Crippen molar-refractivity contribution in [1.82, 2.24) is 20.3 Å². The van der Waals surface area contributed by atoms with Crippen molar-refractivity contribution in [3.8, 4) is 0 Å². The van der Waals surface area contributed by atoms with Gasteiger partial charge in [-0.15, -0.1) is 11.3 Å². The molecule has 1 aliphatic heterocycles. The molecule has 1 fully saturated rings. The lowest BCUT2D eigenvalue weighted by Gasteiger charge is -2.17. The first-order valence-corrected chi connectivity index (χ1v) is 9.64. The van der Waals surface area contributed by atoms with Crippen molar-refractivity contribution in [2.45, 2.75) is 23.6 Å². The molecule has 0 bridgehead atoms. The summed E-state index contributed by atoms with van der Waals surface area (Å²) in [7, 11) is -3.64. The zero-order valence-electron chi connectivity index (χ0n) is 12.7. The first-order chi connectivity index (χ1) is 10.9. The number of likely N-dealkylation sites (tertiary alicyclic amines) is 1. The Morgan fingerprint density at radius 2 is 2.22 bits per heavy atom. The third-order valence-electron chi connectivity index (χ3n) is 3.35. The molecule has 0 radical (unpaired) electrons. The highest BCUT2D eigenvalue weighted by Crippen LogP contribution is 2.15. The van der Waals surface area contributed by atoms with E-state index in [9.17, 15) is 18.0 Å². The fraction of sp³-hybridized carbons (Fsp3) is 0.538. The molecule has 128 valence electrons. The van der Waals surface area contributed by atoms with E-state index in [1.165, 1.54) is 6.07 Å². The fourth-order valence-corrected chi connectivity index (χ4v) is 4.27. The standard InChI is InChI=1S/C13H20N4O4S2/c1-2-14-13(19)17-6-5-10(9-17)16-11(18)8-15-23(20,21)12-4-3-7-22-12/h3-4,7,10,15H,2,5-6,8-9H2,1H3,(H,14,19)(H,16,18). The average Bonchev–Trinajstić information content (AvgIpc) is 3.17. The second-order valence-corrected chi connectivity index (χ2v) is 8.03. The second-order valence-electron chi connectivity index (χ2n) is 5.09. The Labute approximate surface area is 139 Å². The van der Waals surface area contributed by atoms with Gasteiger partial charge < -0.3 is 15.5 Å². The Morgan fingerprint density at radius 3 is 2.87 bits per heavy atom. The number of thiophene rings is 1. The van der Waals surface area contributed by atoms with Crippen LogP contribution >= 0.6 is 11.3 Å². The zero-order chi connectivity index (χ0) is 16.9. The first-order valence-electron chi connectivity index (χ1n) is 7.27. The molecule has 0 saturated carbocycles. The van der Waals surface area contributed by atoms with Crippen LogP contribution in [-0.2, 0) is 14.8 Å². The molecule has 2 rings (SSSR count). The van der Waals surface area contributed by atoms with Crippen molar-refractivity contribution in [3.63, 3.8) is 0 Å². The van der Waals surface area contributed by atoms with Crippen molar-refractivity contribution < 1.29 is 18.0 Å². The van der Waals surface area contributed by atoms with E-state index >= 15 is 0 Å². The van der Waals surface area contributed by atoms with E-state index in [1.807, 2.05) is 6.92 Å². The Balaban J connectivity index is 1.77. The topological polar surface area (TPSA) is 108 Å². The van der Waals surface area contributed by atoms with Crippen LogP contribution in [0, 0.1) is 0 Å². The quantitative estimate of drug-likeness (QED) is 0.661. The number of carbonyl (C=O) groups excluding carboxylic acids is 2. The number of sulfonamides is 1. The number of carbonyl (C=O) groups is 2. The summed E-state index contributed by atoms with van der Waals surface area (Å²) in [5, 5.41) is 7.10. The molecule has 23 heavy (non-hydrogen) atoms. The summed E-state index contributed by atoms with van der Waals surface area (Å²) >= 11 is 1.09. The third-order valence-corrected chi connectivity index (χ3v) is 6.15. The highest BCUT2D eigenvalue weighted by molar-refractivity contribution is 7.91. The minimum Gasteiger partial charge on any atom is -0.350 e. The van der Waals surface area contributed by atoms with Gasteiger partial charge in [0, 0.05) is 25.7 Å². The van der Waals surface area contributed by atoms with Crippen LogP contribution in [0.4, 0.5) is 4.79 Å². The monoisotopic (exact) mass is 360 g/mol. The maximum Gasteiger partial charge on any atom is 0.317 e. The number of hydrogen-bond donors (Lipinski definition) is 3. The number of nitrogens with one attached hydrogen (secondary N) is 3. The molecule has 0 aromatic carbocycles. The van der Waals surface area contributed by atoms with Gasteiger partial charge in [0.25, 0.3) is 10.0 Å². The van der Waals surface area contributed by atoms with Gasteiger partial charge in [-0.2, -0.15) is 0 Å². The van der Waals surface area contributed by atoms with Crippen LogP contribution in [0.25, 0.3) is 0 Å². The Morgan fingerprint density at radius 1 is 1.43 bits per heavy atom. The molecule has 10 heteroatoms. The van der Waals surface area contributed by atoms with Crippen LogP contribution in [0.2, 0.25) is 0 Å². The van der Waals surface area contributed by atoms with Crippen LogP contribution in [-0.4, -0.2) is 57.5 Å². The summed E-state index contributed by atoms with van der Waals surface area (Å²) in [6, 6.07) is 2.80. The Hall–Kier alpha value is -1.65. The Kier molecular flexibility index (Phi) is 5.97. The number of amides is 3. The molecular weight excluding hydrogens is 340 g/mol. The van der Waals surface area contributed by atoms with Gasteiger partial charge in [-0.1, -0.05) is 6.07 Å². The number of urea groups is 1. The van der Waals surface area contributed by atoms with Crippen LogP contribution in [0.5, 0.6) is 0 Å². The minimum absolute atomic E-state index is 0.150. The van der Waals surface area contributed by atoms with Crippen molar-refractivity contribution in [3.05, 3.63) is 17.5 Å². The fourth-order valence-electron chi connectivity index (χ4n) is 2.25. The normalized spacial score (nSPS) is 18.0. The summed E-state index contributed by atoms with van der Waals surface area (Å²) < 4.78 is 26.3. The lowest BCUT2D eigenvalue weighted by Crippen LogP contribution is -2.44. The molecule has 8 nitrogen and oxygen atoms in total. The molecule has 1 atom stereocenters. The second kappa shape index (κ2) is 7.75. The molecule has 1 saturated heterocycles. The van der Waals surface area contributed by atoms with Gasteiger partial charge in [0.2, 0.25) is 5.91 Å². The van der Waals surface area contributed by atoms with E-state index in [-0.39, 0.29) is 22.8 Å². The molecule has 1 aromatic rings. The molecule has 0 aliphatic carbocycles. The van der Waals surface area contributed by atoms with Crippen LogP contribution < -0.4 is 15.4 Å².